The molecule has 1 unspecified atom stereocenters. The molecule has 0 aliphatic carbocycles. The van der Waals surface area contributed by atoms with Crippen LogP contribution < -0.4 is 5.32 Å². The Morgan fingerprint density at radius 2 is 2.15 bits per heavy atom. The number of benzene rings is 1. The zero-order valence-electron chi connectivity index (χ0n) is 12.3. The predicted molar refractivity (Wildman–Crippen MR) is 87.6 cm³/mol. The molecule has 20 heavy (non-hydrogen) atoms. The Bertz CT molecular complexity index is 428. The third kappa shape index (κ3) is 4.63. The van der Waals surface area contributed by atoms with Gasteiger partial charge in [0.15, 0.2) is 0 Å². The highest BCUT2D eigenvalue weighted by atomic mass is 35.5. The molecule has 1 saturated heterocycles. The van der Waals surface area contributed by atoms with Gasteiger partial charge in [-0.15, -0.1) is 0 Å². The molecule has 1 aliphatic heterocycles. The number of halogens is 2. The van der Waals surface area contributed by atoms with Gasteiger partial charge in [-0.2, -0.15) is 0 Å². The molecular weight excluding hydrogens is 291 g/mol. The number of rotatable bonds is 5. The summed E-state index contributed by atoms with van der Waals surface area (Å²) in [5.74, 6) is 0.740. The van der Waals surface area contributed by atoms with Gasteiger partial charge >= 0.3 is 0 Å². The molecule has 2 nitrogen and oxygen atoms in total. The van der Waals surface area contributed by atoms with Crippen molar-refractivity contribution in [3.8, 4) is 0 Å². The molecule has 0 saturated carbocycles. The fourth-order valence-corrected chi connectivity index (χ4v) is 3.12. The van der Waals surface area contributed by atoms with Crippen molar-refractivity contribution in [2.24, 2.45) is 5.92 Å². The van der Waals surface area contributed by atoms with Gasteiger partial charge in [-0.05, 0) is 69.5 Å². The van der Waals surface area contributed by atoms with Gasteiger partial charge in [-0.1, -0.05) is 23.2 Å². The van der Waals surface area contributed by atoms with E-state index in [1.807, 2.05) is 18.2 Å². The molecule has 1 heterocycles. The minimum atomic E-state index is 0.506. The summed E-state index contributed by atoms with van der Waals surface area (Å²) in [5, 5.41) is 5.05. The predicted octanol–water partition coefficient (Wildman–Crippen LogP) is 4.20. The molecule has 2 rings (SSSR count). The monoisotopic (exact) mass is 314 g/mol. The normalized spacial score (nSPS) is 19.8. The average molecular weight is 315 g/mol. The fourth-order valence-electron chi connectivity index (χ4n) is 2.75. The zero-order chi connectivity index (χ0) is 14.5. The highest BCUT2D eigenvalue weighted by Crippen LogP contribution is 2.24. The maximum Gasteiger partial charge on any atom is 0.0452 e. The van der Waals surface area contributed by atoms with Crippen LogP contribution in [0.1, 0.15) is 32.3 Å². The molecule has 0 amide bonds. The van der Waals surface area contributed by atoms with Gasteiger partial charge in [0.2, 0.25) is 0 Å². The Labute approximate surface area is 132 Å². The Kier molecular flexibility index (Phi) is 6.16. The van der Waals surface area contributed by atoms with Crippen LogP contribution in [-0.4, -0.2) is 30.6 Å². The summed E-state index contributed by atoms with van der Waals surface area (Å²) in [6.07, 6.45) is 2.61. The molecule has 4 heteroatoms. The lowest BCUT2D eigenvalue weighted by Gasteiger charge is -2.33. The molecule has 0 bridgehead atoms. The summed E-state index contributed by atoms with van der Waals surface area (Å²) in [4.78, 5) is 2.50. The number of nitrogens with zero attached hydrogens (tertiary/aromatic N) is 1. The highest BCUT2D eigenvalue weighted by Gasteiger charge is 2.19. The van der Waals surface area contributed by atoms with Crippen LogP contribution in [0.5, 0.6) is 0 Å². The van der Waals surface area contributed by atoms with E-state index in [0.29, 0.717) is 6.04 Å². The number of hydrogen-bond donors (Lipinski definition) is 1. The van der Waals surface area contributed by atoms with E-state index in [1.165, 1.54) is 12.8 Å². The average Bonchev–Trinajstić information content (AvgIpc) is 2.43. The first-order valence-corrected chi connectivity index (χ1v) is 8.20. The van der Waals surface area contributed by atoms with Crippen molar-refractivity contribution in [1.82, 2.24) is 10.2 Å². The van der Waals surface area contributed by atoms with Gasteiger partial charge in [0.05, 0.1) is 0 Å². The second-order valence-corrected chi connectivity index (χ2v) is 6.81. The number of piperidine rings is 1. The molecule has 1 aromatic rings. The van der Waals surface area contributed by atoms with Crippen LogP contribution in [0.4, 0.5) is 0 Å². The summed E-state index contributed by atoms with van der Waals surface area (Å²) in [5.41, 5.74) is 1.12. The quantitative estimate of drug-likeness (QED) is 0.876. The van der Waals surface area contributed by atoms with Crippen molar-refractivity contribution >= 4 is 23.2 Å². The van der Waals surface area contributed by atoms with Crippen LogP contribution in [0, 0.1) is 5.92 Å². The Morgan fingerprint density at radius 1 is 1.35 bits per heavy atom. The molecule has 0 radical (unpaired) electrons. The Hall–Kier alpha value is -0.280. The third-order valence-corrected chi connectivity index (χ3v) is 4.61. The van der Waals surface area contributed by atoms with Gasteiger partial charge < -0.3 is 5.32 Å². The summed E-state index contributed by atoms with van der Waals surface area (Å²) in [6, 6.07) is 6.23. The second kappa shape index (κ2) is 7.65. The van der Waals surface area contributed by atoms with Crippen molar-refractivity contribution in [3.05, 3.63) is 33.8 Å². The van der Waals surface area contributed by atoms with E-state index in [1.54, 1.807) is 0 Å². The first-order chi connectivity index (χ1) is 9.56. The minimum absolute atomic E-state index is 0.506. The SMILES string of the molecule is CC(C)N(Cc1cc(Cl)ccc1Cl)CC1CCCNC1. The Balaban J connectivity index is 2.02. The molecule has 1 aliphatic rings. The minimum Gasteiger partial charge on any atom is -0.316 e. The smallest absolute Gasteiger partial charge is 0.0452 e. The van der Waals surface area contributed by atoms with E-state index >= 15 is 0 Å². The van der Waals surface area contributed by atoms with Gasteiger partial charge in [-0.3, -0.25) is 4.90 Å². The molecule has 0 aromatic heterocycles. The number of nitrogens with one attached hydrogen (secondary N) is 1. The van der Waals surface area contributed by atoms with Crippen LogP contribution >= 0.6 is 23.2 Å². The van der Waals surface area contributed by atoms with E-state index in [9.17, 15) is 0 Å². The van der Waals surface area contributed by atoms with Crippen LogP contribution in [0.15, 0.2) is 18.2 Å². The van der Waals surface area contributed by atoms with E-state index in [-0.39, 0.29) is 0 Å². The van der Waals surface area contributed by atoms with Gasteiger partial charge in [0.1, 0.15) is 0 Å². The van der Waals surface area contributed by atoms with Crippen LogP contribution in [0.25, 0.3) is 0 Å². The van der Waals surface area contributed by atoms with E-state index in [2.05, 4.69) is 24.1 Å². The fraction of sp³-hybridized carbons (Fsp3) is 0.625. The van der Waals surface area contributed by atoms with Crippen molar-refractivity contribution in [1.29, 1.82) is 0 Å². The molecule has 1 fully saturated rings. The number of hydrogen-bond acceptors (Lipinski definition) is 2. The van der Waals surface area contributed by atoms with Crippen LogP contribution in [0.3, 0.4) is 0 Å². The lowest BCUT2D eigenvalue weighted by molar-refractivity contribution is 0.164. The summed E-state index contributed by atoms with van der Waals surface area (Å²) < 4.78 is 0. The third-order valence-electron chi connectivity index (χ3n) is 4.00. The molecule has 112 valence electrons. The van der Waals surface area contributed by atoms with Crippen molar-refractivity contribution < 1.29 is 0 Å². The first-order valence-electron chi connectivity index (χ1n) is 7.45. The van der Waals surface area contributed by atoms with Crippen LogP contribution in [-0.2, 0) is 6.54 Å². The van der Waals surface area contributed by atoms with Crippen molar-refractivity contribution in [2.75, 3.05) is 19.6 Å². The molecular formula is C16H24Cl2N2. The molecule has 1 aromatic carbocycles. The van der Waals surface area contributed by atoms with Crippen molar-refractivity contribution in [2.45, 2.75) is 39.3 Å². The van der Waals surface area contributed by atoms with E-state index < -0.39 is 0 Å². The summed E-state index contributed by atoms with van der Waals surface area (Å²) in [7, 11) is 0. The van der Waals surface area contributed by atoms with Gasteiger partial charge in [-0.25, -0.2) is 0 Å². The lowest BCUT2D eigenvalue weighted by atomic mass is 9.98. The topological polar surface area (TPSA) is 15.3 Å². The molecule has 0 spiro atoms. The second-order valence-electron chi connectivity index (χ2n) is 5.97. The van der Waals surface area contributed by atoms with Crippen LogP contribution in [0.2, 0.25) is 10.0 Å². The van der Waals surface area contributed by atoms with Gasteiger partial charge in [0, 0.05) is 29.2 Å². The maximum absolute atomic E-state index is 6.29. The lowest BCUT2D eigenvalue weighted by Crippen LogP contribution is -2.40. The maximum atomic E-state index is 6.29. The van der Waals surface area contributed by atoms with E-state index in [4.69, 9.17) is 23.2 Å². The molecule has 1 atom stereocenters. The van der Waals surface area contributed by atoms with Gasteiger partial charge in [0.25, 0.3) is 0 Å². The highest BCUT2D eigenvalue weighted by molar-refractivity contribution is 6.33. The summed E-state index contributed by atoms with van der Waals surface area (Å²) in [6.45, 7) is 8.77. The summed E-state index contributed by atoms with van der Waals surface area (Å²) >= 11 is 12.4. The Morgan fingerprint density at radius 3 is 2.80 bits per heavy atom. The first kappa shape index (κ1) is 16.1. The van der Waals surface area contributed by atoms with Crippen molar-refractivity contribution in [3.63, 3.8) is 0 Å². The standard InChI is InChI=1S/C16H24Cl2N2/c1-12(2)20(10-13-4-3-7-19-9-13)11-14-8-15(17)5-6-16(14)18/h5-6,8,12-13,19H,3-4,7,9-11H2,1-2H3. The molecule has 1 N–H and O–H groups in total. The largest absolute Gasteiger partial charge is 0.316 e. The zero-order valence-corrected chi connectivity index (χ0v) is 13.8. The van der Waals surface area contributed by atoms with E-state index in [0.717, 1.165) is 47.7 Å².